The van der Waals surface area contributed by atoms with Crippen LogP contribution in [0.1, 0.15) is 36.9 Å². The third kappa shape index (κ3) is 3.35. The predicted octanol–water partition coefficient (Wildman–Crippen LogP) is 2.94. The largest absolute Gasteiger partial charge is 0.371 e. The van der Waals surface area contributed by atoms with E-state index in [-0.39, 0.29) is 18.1 Å². The van der Waals surface area contributed by atoms with E-state index in [1.807, 2.05) is 67.6 Å². The molecule has 3 N–H and O–H groups in total. The van der Waals surface area contributed by atoms with Gasteiger partial charge < -0.3 is 10.5 Å². The molecule has 4 nitrogen and oxygen atoms in total. The number of rotatable bonds is 7. The Morgan fingerprint density at radius 1 is 1.21 bits per heavy atom. The first-order valence-corrected chi connectivity index (χ1v) is 8.40. The molecule has 1 amide bonds. The van der Waals surface area contributed by atoms with Crippen molar-refractivity contribution in [2.24, 2.45) is 5.73 Å². The first kappa shape index (κ1) is 16.7. The number of amides is 1. The minimum Gasteiger partial charge on any atom is -0.371 e. The molecule has 4 heteroatoms. The van der Waals surface area contributed by atoms with Crippen molar-refractivity contribution in [2.45, 2.75) is 44.1 Å². The zero-order valence-corrected chi connectivity index (χ0v) is 13.9. The molecular weight excluding hydrogens is 300 g/mol. The molecule has 0 aromatic heterocycles. The Morgan fingerprint density at radius 3 is 2.38 bits per heavy atom. The molecule has 0 aliphatic heterocycles. The van der Waals surface area contributed by atoms with Crippen LogP contribution >= 0.6 is 0 Å². The maximum absolute atomic E-state index is 12.2. The molecule has 3 rings (SSSR count). The van der Waals surface area contributed by atoms with Crippen LogP contribution < -0.4 is 11.1 Å². The Bertz CT molecular complexity index is 675. The summed E-state index contributed by atoms with van der Waals surface area (Å²) in [4.78, 5) is 12.2. The van der Waals surface area contributed by atoms with Gasteiger partial charge in [-0.1, -0.05) is 60.7 Å². The van der Waals surface area contributed by atoms with E-state index in [1.54, 1.807) is 0 Å². The van der Waals surface area contributed by atoms with Gasteiger partial charge in [-0.15, -0.1) is 0 Å². The van der Waals surface area contributed by atoms with Crippen LogP contribution in [0.15, 0.2) is 60.7 Å². The van der Waals surface area contributed by atoms with E-state index in [0.29, 0.717) is 13.0 Å². The summed E-state index contributed by atoms with van der Waals surface area (Å²) in [5.41, 5.74) is 7.18. The van der Waals surface area contributed by atoms with Gasteiger partial charge in [0, 0.05) is 6.04 Å². The molecule has 0 bridgehead atoms. The van der Waals surface area contributed by atoms with Gasteiger partial charge in [-0.25, -0.2) is 0 Å². The van der Waals surface area contributed by atoms with E-state index in [9.17, 15) is 4.79 Å². The third-order valence-corrected chi connectivity index (χ3v) is 4.86. The van der Waals surface area contributed by atoms with Crippen LogP contribution in [0.2, 0.25) is 0 Å². The highest BCUT2D eigenvalue weighted by molar-refractivity contribution is 5.86. The number of nitrogens with two attached hydrogens (primary N) is 1. The van der Waals surface area contributed by atoms with Gasteiger partial charge in [0.2, 0.25) is 5.91 Å². The highest BCUT2D eigenvalue weighted by Crippen LogP contribution is 2.37. The topological polar surface area (TPSA) is 64.3 Å². The number of carbonyl (C=O) groups excluding carboxylic acids is 1. The molecule has 0 saturated heterocycles. The zero-order chi connectivity index (χ0) is 17.0. The molecule has 2 aromatic rings. The SMILES string of the molecule is C[C@H](N[C@]1(C(N)=O)CC[C@@H]1OCc1ccccc1)c1ccccc1. The second-order valence-corrected chi connectivity index (χ2v) is 6.44. The van der Waals surface area contributed by atoms with Gasteiger partial charge in [-0.05, 0) is 30.9 Å². The van der Waals surface area contributed by atoms with E-state index in [2.05, 4.69) is 5.32 Å². The van der Waals surface area contributed by atoms with Crippen LogP contribution in [0, 0.1) is 0 Å². The number of hydrogen-bond donors (Lipinski definition) is 2. The molecule has 3 atom stereocenters. The van der Waals surface area contributed by atoms with E-state index in [4.69, 9.17) is 10.5 Å². The molecule has 1 fully saturated rings. The lowest BCUT2D eigenvalue weighted by atomic mass is 9.72. The minimum absolute atomic E-state index is 0.0295. The van der Waals surface area contributed by atoms with Crippen molar-refractivity contribution in [3.63, 3.8) is 0 Å². The Hall–Kier alpha value is -2.17. The first-order valence-electron chi connectivity index (χ1n) is 8.40. The van der Waals surface area contributed by atoms with Gasteiger partial charge in [0.25, 0.3) is 0 Å². The first-order chi connectivity index (χ1) is 11.6. The van der Waals surface area contributed by atoms with Crippen molar-refractivity contribution in [3.8, 4) is 0 Å². The Labute approximate surface area is 143 Å². The average molecular weight is 324 g/mol. The van der Waals surface area contributed by atoms with E-state index >= 15 is 0 Å². The summed E-state index contributed by atoms with van der Waals surface area (Å²) in [6, 6.07) is 20.1. The number of ether oxygens (including phenoxy) is 1. The minimum atomic E-state index is -0.788. The quantitative estimate of drug-likeness (QED) is 0.823. The monoisotopic (exact) mass is 324 g/mol. The molecule has 0 spiro atoms. The molecule has 24 heavy (non-hydrogen) atoms. The molecular formula is C20H24N2O2. The normalized spacial score (nSPS) is 24.1. The zero-order valence-electron chi connectivity index (χ0n) is 13.9. The molecule has 0 unspecified atom stereocenters. The average Bonchev–Trinajstić information content (AvgIpc) is 2.60. The summed E-state index contributed by atoms with van der Waals surface area (Å²) in [7, 11) is 0. The Morgan fingerprint density at radius 2 is 1.83 bits per heavy atom. The van der Waals surface area contributed by atoms with Gasteiger partial charge in [-0.2, -0.15) is 0 Å². The van der Waals surface area contributed by atoms with E-state index in [0.717, 1.165) is 17.5 Å². The summed E-state index contributed by atoms with van der Waals surface area (Å²) in [6.07, 6.45) is 1.35. The van der Waals surface area contributed by atoms with Gasteiger partial charge in [-0.3, -0.25) is 10.1 Å². The molecule has 0 radical (unpaired) electrons. The Balaban J connectivity index is 1.68. The van der Waals surface area contributed by atoms with Crippen LogP contribution in [0.3, 0.4) is 0 Å². The van der Waals surface area contributed by atoms with E-state index < -0.39 is 5.54 Å². The summed E-state index contributed by atoms with van der Waals surface area (Å²) in [6.45, 7) is 2.54. The van der Waals surface area contributed by atoms with Crippen molar-refractivity contribution in [2.75, 3.05) is 0 Å². The van der Waals surface area contributed by atoms with Crippen molar-refractivity contribution in [3.05, 3.63) is 71.8 Å². The lowest BCUT2D eigenvalue weighted by Gasteiger charge is -2.48. The van der Waals surface area contributed by atoms with Crippen molar-refractivity contribution >= 4 is 5.91 Å². The number of carbonyl (C=O) groups is 1. The van der Waals surface area contributed by atoms with Gasteiger partial charge in [0.1, 0.15) is 5.54 Å². The van der Waals surface area contributed by atoms with Crippen molar-refractivity contribution in [1.29, 1.82) is 0 Å². The molecule has 1 saturated carbocycles. The van der Waals surface area contributed by atoms with Crippen LogP contribution in [0.25, 0.3) is 0 Å². The Kier molecular flexibility index (Phi) is 4.97. The summed E-state index contributed by atoms with van der Waals surface area (Å²) in [5.74, 6) is -0.338. The van der Waals surface area contributed by atoms with Gasteiger partial charge in [0.05, 0.1) is 12.7 Å². The van der Waals surface area contributed by atoms with Crippen LogP contribution in [0.4, 0.5) is 0 Å². The maximum atomic E-state index is 12.2. The van der Waals surface area contributed by atoms with E-state index in [1.165, 1.54) is 0 Å². The number of benzene rings is 2. The molecule has 1 aliphatic carbocycles. The van der Waals surface area contributed by atoms with Crippen LogP contribution in [-0.4, -0.2) is 17.6 Å². The highest BCUT2D eigenvalue weighted by Gasteiger charge is 2.53. The third-order valence-electron chi connectivity index (χ3n) is 4.86. The fraction of sp³-hybridized carbons (Fsp3) is 0.350. The fourth-order valence-corrected chi connectivity index (χ4v) is 3.28. The second kappa shape index (κ2) is 7.16. The summed E-state index contributed by atoms with van der Waals surface area (Å²) < 4.78 is 6.01. The van der Waals surface area contributed by atoms with Crippen molar-refractivity contribution < 1.29 is 9.53 Å². The highest BCUT2D eigenvalue weighted by atomic mass is 16.5. The molecule has 0 heterocycles. The molecule has 126 valence electrons. The molecule has 1 aliphatic rings. The lowest BCUT2D eigenvalue weighted by Crippen LogP contribution is -2.69. The fourth-order valence-electron chi connectivity index (χ4n) is 3.28. The standard InChI is InChI=1S/C20H24N2O2/c1-15(17-10-6-3-7-11-17)22-20(19(21)23)13-12-18(20)24-14-16-8-4-2-5-9-16/h2-11,15,18,22H,12-14H2,1H3,(H2,21,23)/t15-,18-,20+/m0/s1. The number of nitrogens with one attached hydrogen (secondary N) is 1. The van der Waals surface area contributed by atoms with Crippen LogP contribution in [0.5, 0.6) is 0 Å². The lowest BCUT2D eigenvalue weighted by molar-refractivity contribution is -0.146. The number of hydrogen-bond acceptors (Lipinski definition) is 3. The van der Waals surface area contributed by atoms with Gasteiger partial charge >= 0.3 is 0 Å². The second-order valence-electron chi connectivity index (χ2n) is 6.44. The van der Waals surface area contributed by atoms with Crippen molar-refractivity contribution in [1.82, 2.24) is 5.32 Å². The predicted molar refractivity (Wildman–Crippen MR) is 94.2 cm³/mol. The smallest absolute Gasteiger partial charge is 0.240 e. The van der Waals surface area contributed by atoms with Crippen LogP contribution in [-0.2, 0) is 16.1 Å². The molecule has 2 aromatic carbocycles. The summed E-state index contributed by atoms with van der Waals surface area (Å²) in [5, 5.41) is 3.43. The summed E-state index contributed by atoms with van der Waals surface area (Å²) >= 11 is 0. The number of primary amides is 1. The maximum Gasteiger partial charge on any atom is 0.240 e. The van der Waals surface area contributed by atoms with Gasteiger partial charge in [0.15, 0.2) is 0 Å².